The topological polar surface area (TPSA) is 59.5 Å². The first-order valence-corrected chi connectivity index (χ1v) is 6.91. The molecule has 1 aliphatic rings. The number of aromatic carboxylic acids is 1. The van der Waals surface area contributed by atoms with Crippen molar-refractivity contribution in [3.05, 3.63) is 33.9 Å². The lowest BCUT2D eigenvalue weighted by Gasteiger charge is -2.10. The van der Waals surface area contributed by atoms with Crippen LogP contribution in [0.3, 0.4) is 0 Å². The fourth-order valence-corrected chi connectivity index (χ4v) is 3.65. The Bertz CT molecular complexity index is 825. The second-order valence-corrected chi connectivity index (χ2v) is 5.71. The molecule has 5 nitrogen and oxygen atoms in total. The fraction of sp³-hybridized carbons (Fsp3) is 0.231. The van der Waals surface area contributed by atoms with Crippen molar-refractivity contribution in [2.75, 3.05) is 0 Å². The van der Waals surface area contributed by atoms with Crippen molar-refractivity contribution in [2.24, 2.45) is 7.05 Å². The van der Waals surface area contributed by atoms with E-state index in [2.05, 4.69) is 16.4 Å². The SMILES string of the molecule is Cn1c(C(=O)O)cn2c3c(nc12)-c1ccsc1CC3. The van der Waals surface area contributed by atoms with Crippen LogP contribution < -0.4 is 0 Å². The number of hydrogen-bond acceptors (Lipinski definition) is 3. The molecule has 19 heavy (non-hydrogen) atoms. The predicted molar refractivity (Wildman–Crippen MR) is 71.8 cm³/mol. The molecule has 96 valence electrons. The van der Waals surface area contributed by atoms with Gasteiger partial charge in [-0.25, -0.2) is 9.78 Å². The van der Waals surface area contributed by atoms with Gasteiger partial charge in [-0.1, -0.05) is 0 Å². The minimum Gasteiger partial charge on any atom is -0.477 e. The number of carbonyl (C=O) groups is 1. The molecule has 6 heteroatoms. The van der Waals surface area contributed by atoms with E-state index in [9.17, 15) is 4.79 Å². The van der Waals surface area contributed by atoms with Crippen LogP contribution in [0.1, 0.15) is 21.1 Å². The fourth-order valence-electron chi connectivity index (χ4n) is 2.77. The Balaban J connectivity index is 2.05. The molecular weight excluding hydrogens is 262 g/mol. The van der Waals surface area contributed by atoms with Gasteiger partial charge in [-0.15, -0.1) is 11.3 Å². The lowest BCUT2D eigenvalue weighted by atomic mass is 10.0. The van der Waals surface area contributed by atoms with Crippen molar-refractivity contribution in [2.45, 2.75) is 12.8 Å². The predicted octanol–water partition coefficient (Wildman–Crippen LogP) is 2.20. The van der Waals surface area contributed by atoms with Crippen molar-refractivity contribution in [3.63, 3.8) is 0 Å². The number of thiophene rings is 1. The smallest absolute Gasteiger partial charge is 0.354 e. The van der Waals surface area contributed by atoms with Crippen molar-refractivity contribution in [3.8, 4) is 11.3 Å². The van der Waals surface area contributed by atoms with E-state index in [4.69, 9.17) is 5.11 Å². The molecule has 0 radical (unpaired) electrons. The van der Waals surface area contributed by atoms with Crippen LogP contribution in [0.2, 0.25) is 0 Å². The second kappa shape index (κ2) is 3.48. The van der Waals surface area contributed by atoms with Crippen LogP contribution in [-0.2, 0) is 19.9 Å². The van der Waals surface area contributed by atoms with Crippen molar-refractivity contribution >= 4 is 23.1 Å². The first-order valence-electron chi connectivity index (χ1n) is 6.03. The van der Waals surface area contributed by atoms with Crippen LogP contribution in [-0.4, -0.2) is 25.0 Å². The van der Waals surface area contributed by atoms with E-state index >= 15 is 0 Å². The molecule has 0 unspecified atom stereocenters. The summed E-state index contributed by atoms with van der Waals surface area (Å²) < 4.78 is 3.55. The third-order valence-electron chi connectivity index (χ3n) is 3.71. The molecule has 0 aromatic carbocycles. The van der Waals surface area contributed by atoms with Crippen molar-refractivity contribution in [1.82, 2.24) is 14.0 Å². The number of aromatic nitrogens is 3. The van der Waals surface area contributed by atoms with Gasteiger partial charge in [0.1, 0.15) is 5.69 Å². The van der Waals surface area contributed by atoms with E-state index in [1.165, 1.54) is 10.4 Å². The van der Waals surface area contributed by atoms with Gasteiger partial charge in [0.25, 0.3) is 0 Å². The van der Waals surface area contributed by atoms with Crippen LogP contribution in [0.5, 0.6) is 0 Å². The van der Waals surface area contributed by atoms with Crippen molar-refractivity contribution in [1.29, 1.82) is 0 Å². The molecule has 0 atom stereocenters. The Morgan fingerprint density at radius 2 is 2.32 bits per heavy atom. The lowest BCUT2D eigenvalue weighted by Crippen LogP contribution is -2.05. The maximum absolute atomic E-state index is 11.2. The van der Waals surface area contributed by atoms with Gasteiger partial charge in [-0.3, -0.25) is 4.40 Å². The monoisotopic (exact) mass is 273 g/mol. The van der Waals surface area contributed by atoms with E-state index in [1.54, 1.807) is 29.1 Å². The number of imidazole rings is 2. The maximum Gasteiger partial charge on any atom is 0.354 e. The summed E-state index contributed by atoms with van der Waals surface area (Å²) in [5, 5.41) is 11.2. The summed E-state index contributed by atoms with van der Waals surface area (Å²) in [6, 6.07) is 2.10. The van der Waals surface area contributed by atoms with Crippen LogP contribution in [0.15, 0.2) is 17.6 Å². The minimum atomic E-state index is -0.922. The highest BCUT2D eigenvalue weighted by atomic mass is 32.1. The summed E-state index contributed by atoms with van der Waals surface area (Å²) >= 11 is 1.76. The number of hydrogen-bond donors (Lipinski definition) is 1. The first kappa shape index (κ1) is 10.8. The van der Waals surface area contributed by atoms with Crippen LogP contribution in [0.4, 0.5) is 0 Å². The molecular formula is C13H11N3O2S. The quantitative estimate of drug-likeness (QED) is 0.739. The molecule has 0 spiro atoms. The molecule has 0 saturated carbocycles. The normalized spacial score (nSPS) is 13.5. The lowest BCUT2D eigenvalue weighted by molar-refractivity contribution is 0.0687. The number of rotatable bonds is 1. The van der Waals surface area contributed by atoms with E-state index in [-0.39, 0.29) is 5.69 Å². The molecule has 0 aliphatic heterocycles. The van der Waals surface area contributed by atoms with Gasteiger partial charge in [-0.2, -0.15) is 0 Å². The van der Waals surface area contributed by atoms with Crippen LogP contribution in [0.25, 0.3) is 17.0 Å². The van der Waals surface area contributed by atoms with Gasteiger partial charge < -0.3 is 9.67 Å². The number of nitrogens with zero attached hydrogens (tertiary/aromatic N) is 3. The highest BCUT2D eigenvalue weighted by Crippen LogP contribution is 2.36. The zero-order valence-electron chi connectivity index (χ0n) is 10.3. The first-order chi connectivity index (χ1) is 9.16. The minimum absolute atomic E-state index is 0.265. The molecule has 1 aliphatic carbocycles. The molecule has 3 aromatic heterocycles. The Hall–Kier alpha value is -2.08. The molecule has 1 N–H and O–H groups in total. The second-order valence-electron chi connectivity index (χ2n) is 4.71. The zero-order chi connectivity index (χ0) is 13.1. The molecule has 3 aromatic rings. The third kappa shape index (κ3) is 1.29. The number of carboxylic acid groups (broad SMARTS) is 1. The third-order valence-corrected chi connectivity index (χ3v) is 4.69. The van der Waals surface area contributed by atoms with Crippen LogP contribution >= 0.6 is 11.3 Å². The average molecular weight is 273 g/mol. The summed E-state index contributed by atoms with van der Waals surface area (Å²) in [7, 11) is 1.74. The Labute approximate surface area is 112 Å². The summed E-state index contributed by atoms with van der Waals surface area (Å²) in [6.07, 6.45) is 3.58. The van der Waals surface area contributed by atoms with E-state index in [0.29, 0.717) is 5.78 Å². The van der Waals surface area contributed by atoms with Gasteiger partial charge in [-0.05, 0) is 24.3 Å². The Kier molecular flexibility index (Phi) is 1.98. The molecule has 0 saturated heterocycles. The Morgan fingerprint density at radius 1 is 1.47 bits per heavy atom. The largest absolute Gasteiger partial charge is 0.477 e. The van der Waals surface area contributed by atoms with E-state index < -0.39 is 5.97 Å². The molecule has 0 amide bonds. The van der Waals surface area contributed by atoms with Gasteiger partial charge >= 0.3 is 5.97 Å². The highest BCUT2D eigenvalue weighted by molar-refractivity contribution is 7.10. The van der Waals surface area contributed by atoms with Gasteiger partial charge in [0.15, 0.2) is 0 Å². The standard InChI is InChI=1S/C13H11N3O2S/c1-15-9(12(17)18)6-16-8-2-3-10-7(4-5-19-10)11(8)14-13(15)16/h4-6H,2-3H2,1H3,(H,17,18). The van der Waals surface area contributed by atoms with E-state index in [0.717, 1.165) is 24.2 Å². The highest BCUT2D eigenvalue weighted by Gasteiger charge is 2.25. The average Bonchev–Trinajstić information content (AvgIpc) is 3.03. The molecule has 3 heterocycles. The van der Waals surface area contributed by atoms with Gasteiger partial charge in [0, 0.05) is 23.7 Å². The summed E-state index contributed by atoms with van der Waals surface area (Å²) in [5.74, 6) is -0.227. The summed E-state index contributed by atoms with van der Waals surface area (Å²) in [4.78, 5) is 17.2. The number of carboxylic acids is 1. The summed E-state index contributed by atoms with van der Waals surface area (Å²) in [5.41, 5.74) is 3.59. The Morgan fingerprint density at radius 3 is 3.11 bits per heavy atom. The van der Waals surface area contributed by atoms with E-state index in [1.807, 2.05) is 4.40 Å². The molecule has 0 bridgehead atoms. The molecule has 0 fully saturated rings. The van der Waals surface area contributed by atoms with Gasteiger partial charge in [0.05, 0.1) is 11.4 Å². The molecule has 4 rings (SSSR count). The maximum atomic E-state index is 11.2. The number of fused-ring (bicyclic) bond motifs is 5. The van der Waals surface area contributed by atoms with Crippen LogP contribution in [0, 0.1) is 0 Å². The number of aryl methyl sites for hydroxylation is 3. The van der Waals surface area contributed by atoms with Crippen molar-refractivity contribution < 1.29 is 9.90 Å². The summed E-state index contributed by atoms with van der Waals surface area (Å²) in [6.45, 7) is 0. The van der Waals surface area contributed by atoms with Gasteiger partial charge in [0.2, 0.25) is 5.78 Å². The zero-order valence-corrected chi connectivity index (χ0v) is 11.1.